The molecule has 1 atom stereocenters. The van der Waals surface area contributed by atoms with E-state index in [0.717, 1.165) is 5.56 Å². The van der Waals surface area contributed by atoms with Crippen LogP contribution in [-0.2, 0) is 16.0 Å². The van der Waals surface area contributed by atoms with Crippen LogP contribution in [0.3, 0.4) is 0 Å². The van der Waals surface area contributed by atoms with Crippen molar-refractivity contribution in [3.63, 3.8) is 0 Å². The molecule has 4 heteroatoms. The molecule has 0 bridgehead atoms. The minimum atomic E-state index is -0.994. The van der Waals surface area contributed by atoms with Crippen LogP contribution in [0.25, 0.3) is 0 Å². The minimum Gasteiger partial charge on any atom is -0.465 e. The van der Waals surface area contributed by atoms with Gasteiger partial charge in [-0.25, -0.2) is 0 Å². The van der Waals surface area contributed by atoms with Gasteiger partial charge in [0.2, 0.25) is 0 Å². The minimum absolute atomic E-state index is 0.341. The SMILES string of the molecule is CCOC(=O)C(C)(N)Cc1ccc(N)cc1. The van der Waals surface area contributed by atoms with Crippen molar-refractivity contribution in [3.05, 3.63) is 29.8 Å². The van der Waals surface area contributed by atoms with Gasteiger partial charge in [0.15, 0.2) is 0 Å². The first-order valence-corrected chi connectivity index (χ1v) is 5.26. The molecule has 0 aliphatic rings. The Balaban J connectivity index is 2.72. The Morgan fingerprint density at radius 3 is 2.44 bits per heavy atom. The Bertz CT molecular complexity index is 358. The quantitative estimate of drug-likeness (QED) is 0.590. The van der Waals surface area contributed by atoms with Gasteiger partial charge in [-0.2, -0.15) is 0 Å². The highest BCUT2D eigenvalue weighted by Gasteiger charge is 2.29. The van der Waals surface area contributed by atoms with Gasteiger partial charge in [-0.1, -0.05) is 12.1 Å². The zero-order chi connectivity index (χ0) is 12.2. The predicted molar refractivity (Wildman–Crippen MR) is 63.8 cm³/mol. The Morgan fingerprint density at radius 2 is 1.94 bits per heavy atom. The molecule has 0 saturated heterocycles. The van der Waals surface area contributed by atoms with E-state index in [1.807, 2.05) is 12.1 Å². The van der Waals surface area contributed by atoms with Crippen LogP contribution in [0.5, 0.6) is 0 Å². The molecule has 1 aromatic carbocycles. The summed E-state index contributed by atoms with van der Waals surface area (Å²) in [5, 5.41) is 0. The second kappa shape index (κ2) is 4.99. The van der Waals surface area contributed by atoms with Gasteiger partial charge in [0.05, 0.1) is 6.61 Å². The van der Waals surface area contributed by atoms with Crippen LogP contribution in [-0.4, -0.2) is 18.1 Å². The van der Waals surface area contributed by atoms with E-state index < -0.39 is 5.54 Å². The van der Waals surface area contributed by atoms with E-state index in [-0.39, 0.29) is 5.97 Å². The van der Waals surface area contributed by atoms with Gasteiger partial charge < -0.3 is 16.2 Å². The molecule has 16 heavy (non-hydrogen) atoms. The van der Waals surface area contributed by atoms with Crippen LogP contribution in [0.2, 0.25) is 0 Å². The van der Waals surface area contributed by atoms with Crippen LogP contribution in [0.4, 0.5) is 5.69 Å². The molecule has 88 valence electrons. The van der Waals surface area contributed by atoms with E-state index in [4.69, 9.17) is 16.2 Å². The molecular weight excluding hydrogens is 204 g/mol. The van der Waals surface area contributed by atoms with Crippen molar-refractivity contribution in [3.8, 4) is 0 Å². The standard InChI is InChI=1S/C12H18N2O2/c1-3-16-11(15)12(2,14)8-9-4-6-10(13)7-5-9/h4-7H,3,8,13-14H2,1-2H3. The number of rotatable bonds is 4. The zero-order valence-electron chi connectivity index (χ0n) is 9.69. The summed E-state index contributed by atoms with van der Waals surface area (Å²) in [5.41, 5.74) is 12.1. The van der Waals surface area contributed by atoms with Gasteiger partial charge in [-0.15, -0.1) is 0 Å². The van der Waals surface area contributed by atoms with Crippen LogP contribution in [0.15, 0.2) is 24.3 Å². The molecule has 4 nitrogen and oxygen atoms in total. The number of esters is 1. The highest BCUT2D eigenvalue weighted by Crippen LogP contribution is 2.14. The molecule has 0 radical (unpaired) electrons. The lowest BCUT2D eigenvalue weighted by atomic mass is 9.94. The highest BCUT2D eigenvalue weighted by atomic mass is 16.5. The Kier molecular flexibility index (Phi) is 3.90. The monoisotopic (exact) mass is 222 g/mol. The van der Waals surface area contributed by atoms with Gasteiger partial charge in [-0.3, -0.25) is 4.79 Å². The van der Waals surface area contributed by atoms with E-state index in [1.54, 1.807) is 26.0 Å². The number of carbonyl (C=O) groups excluding carboxylic acids is 1. The van der Waals surface area contributed by atoms with Gasteiger partial charge in [0.1, 0.15) is 5.54 Å². The molecule has 4 N–H and O–H groups in total. The molecule has 1 rings (SSSR count). The molecule has 0 amide bonds. The summed E-state index contributed by atoms with van der Waals surface area (Å²) in [6, 6.07) is 7.30. The van der Waals surface area contributed by atoms with Crippen LogP contribution in [0, 0.1) is 0 Å². The Morgan fingerprint density at radius 1 is 1.38 bits per heavy atom. The molecule has 1 unspecified atom stereocenters. The third kappa shape index (κ3) is 3.24. The summed E-state index contributed by atoms with van der Waals surface area (Å²) in [4.78, 5) is 11.6. The van der Waals surface area contributed by atoms with Crippen LogP contribution in [0.1, 0.15) is 19.4 Å². The number of benzene rings is 1. The topological polar surface area (TPSA) is 78.3 Å². The number of nitrogen functional groups attached to an aromatic ring is 1. The number of anilines is 1. The maximum atomic E-state index is 11.6. The lowest BCUT2D eigenvalue weighted by molar-refractivity contribution is -0.148. The van der Waals surface area contributed by atoms with Crippen molar-refractivity contribution in [2.45, 2.75) is 25.8 Å². The van der Waals surface area contributed by atoms with E-state index in [0.29, 0.717) is 18.7 Å². The molecular formula is C12H18N2O2. The maximum absolute atomic E-state index is 11.6. The number of nitrogens with two attached hydrogens (primary N) is 2. The number of ether oxygens (including phenoxy) is 1. The van der Waals surface area contributed by atoms with Crippen molar-refractivity contribution < 1.29 is 9.53 Å². The molecule has 1 aromatic rings. The number of carbonyl (C=O) groups is 1. The second-order valence-electron chi connectivity index (χ2n) is 4.06. The largest absolute Gasteiger partial charge is 0.465 e. The van der Waals surface area contributed by atoms with Gasteiger partial charge in [0.25, 0.3) is 0 Å². The highest BCUT2D eigenvalue weighted by molar-refractivity contribution is 5.80. The van der Waals surface area contributed by atoms with Crippen molar-refractivity contribution in [2.24, 2.45) is 5.73 Å². The summed E-state index contributed by atoms with van der Waals surface area (Å²) >= 11 is 0. The predicted octanol–water partition coefficient (Wildman–Crippen LogP) is 1.09. The van der Waals surface area contributed by atoms with E-state index in [1.165, 1.54) is 0 Å². The summed E-state index contributed by atoms with van der Waals surface area (Å²) < 4.78 is 4.91. The van der Waals surface area contributed by atoms with E-state index in [2.05, 4.69) is 0 Å². The second-order valence-corrected chi connectivity index (χ2v) is 4.06. The normalized spacial score (nSPS) is 14.2. The Labute approximate surface area is 95.6 Å². The van der Waals surface area contributed by atoms with Crippen LogP contribution < -0.4 is 11.5 Å². The van der Waals surface area contributed by atoms with Crippen molar-refractivity contribution >= 4 is 11.7 Å². The summed E-state index contributed by atoms with van der Waals surface area (Å²) in [5.74, 6) is -0.383. The number of hydrogen-bond donors (Lipinski definition) is 2. The first-order chi connectivity index (χ1) is 7.45. The van der Waals surface area contributed by atoms with Gasteiger partial charge in [0, 0.05) is 12.1 Å². The molecule has 0 saturated carbocycles. The fourth-order valence-electron chi connectivity index (χ4n) is 1.43. The summed E-state index contributed by atoms with van der Waals surface area (Å²) in [6.45, 7) is 3.77. The Hall–Kier alpha value is -1.55. The van der Waals surface area contributed by atoms with Crippen molar-refractivity contribution in [2.75, 3.05) is 12.3 Å². The van der Waals surface area contributed by atoms with E-state index in [9.17, 15) is 4.79 Å². The molecule has 0 spiro atoms. The van der Waals surface area contributed by atoms with Crippen molar-refractivity contribution in [1.82, 2.24) is 0 Å². The average molecular weight is 222 g/mol. The fraction of sp³-hybridized carbons (Fsp3) is 0.417. The first-order valence-electron chi connectivity index (χ1n) is 5.26. The zero-order valence-corrected chi connectivity index (χ0v) is 9.69. The molecule has 0 heterocycles. The van der Waals surface area contributed by atoms with E-state index >= 15 is 0 Å². The fourth-order valence-corrected chi connectivity index (χ4v) is 1.43. The van der Waals surface area contributed by atoms with Crippen LogP contribution >= 0.6 is 0 Å². The van der Waals surface area contributed by atoms with Gasteiger partial charge >= 0.3 is 5.97 Å². The maximum Gasteiger partial charge on any atom is 0.326 e. The van der Waals surface area contributed by atoms with Crippen molar-refractivity contribution in [1.29, 1.82) is 0 Å². The molecule has 0 fully saturated rings. The first kappa shape index (κ1) is 12.5. The van der Waals surface area contributed by atoms with Gasteiger partial charge in [-0.05, 0) is 31.5 Å². The number of hydrogen-bond acceptors (Lipinski definition) is 4. The molecule has 0 aromatic heterocycles. The third-order valence-electron chi connectivity index (χ3n) is 2.29. The lowest BCUT2D eigenvalue weighted by Crippen LogP contribution is -2.48. The lowest BCUT2D eigenvalue weighted by Gasteiger charge is -2.22. The third-order valence-corrected chi connectivity index (χ3v) is 2.29. The average Bonchev–Trinajstić information content (AvgIpc) is 2.21. The smallest absolute Gasteiger partial charge is 0.326 e. The molecule has 0 aliphatic heterocycles. The molecule has 0 aliphatic carbocycles. The summed E-state index contributed by atoms with van der Waals surface area (Å²) in [7, 11) is 0. The summed E-state index contributed by atoms with van der Waals surface area (Å²) in [6.07, 6.45) is 0.437.